The quantitative estimate of drug-likeness (QED) is 0.603. The van der Waals surface area contributed by atoms with Crippen molar-refractivity contribution in [2.75, 3.05) is 6.61 Å². The summed E-state index contributed by atoms with van der Waals surface area (Å²) in [6.07, 6.45) is 12.2. The van der Waals surface area contributed by atoms with Gasteiger partial charge in [-0.2, -0.15) is 0 Å². The maximum absolute atomic E-state index is 12.0. The fraction of sp³-hybridized carbons (Fsp3) is 0.696. The predicted molar refractivity (Wildman–Crippen MR) is 96.9 cm³/mol. The second-order valence-corrected chi connectivity index (χ2v) is 9.79. The molecule has 0 N–H and O–H groups in total. The van der Waals surface area contributed by atoms with Gasteiger partial charge in [-0.15, -0.1) is 0 Å². The molecule has 6 aliphatic rings. The number of ether oxygens (including phenoxy) is 1. The summed E-state index contributed by atoms with van der Waals surface area (Å²) in [5, 5.41) is 0. The SMILES string of the molecule is C=C1CC2C(CC[C@@]3(C)C2C2CC2[C@@]32C=CCO2)C2=C1CC(=O)CC2. The standard InChI is InChI=1S/C23H28O2/c1-13-10-18-16(15-5-4-14(24)11-17(13)15)6-8-22(2)21(18)19-12-20(19)23(22)7-3-9-25-23/h3,7,16,18-21H,1,4-6,8-12H2,2H3/t16?,18?,19?,20?,21?,22-,23-/m0/s1. The van der Waals surface area contributed by atoms with Crippen LogP contribution in [0.5, 0.6) is 0 Å². The Hall–Kier alpha value is -1.15. The van der Waals surface area contributed by atoms with Crippen molar-refractivity contribution in [1.29, 1.82) is 0 Å². The van der Waals surface area contributed by atoms with Crippen LogP contribution in [0.1, 0.15) is 51.9 Å². The lowest BCUT2D eigenvalue weighted by atomic mass is 9.50. The highest BCUT2D eigenvalue weighted by molar-refractivity contribution is 5.84. The normalized spacial score (nSPS) is 52.9. The van der Waals surface area contributed by atoms with E-state index in [9.17, 15) is 4.79 Å². The van der Waals surface area contributed by atoms with Crippen molar-refractivity contribution in [3.05, 3.63) is 35.5 Å². The molecule has 5 aliphatic carbocycles. The Balaban J connectivity index is 1.43. The van der Waals surface area contributed by atoms with E-state index in [1.165, 1.54) is 30.4 Å². The van der Waals surface area contributed by atoms with E-state index in [4.69, 9.17) is 4.74 Å². The van der Waals surface area contributed by atoms with Gasteiger partial charge in [-0.3, -0.25) is 4.79 Å². The molecule has 1 heterocycles. The summed E-state index contributed by atoms with van der Waals surface area (Å²) in [7, 11) is 0. The zero-order valence-electron chi connectivity index (χ0n) is 15.2. The van der Waals surface area contributed by atoms with Crippen LogP contribution in [0.4, 0.5) is 0 Å². The van der Waals surface area contributed by atoms with Crippen LogP contribution in [0, 0.1) is 35.0 Å². The lowest BCUT2D eigenvalue weighted by Gasteiger charge is -2.56. The third-order valence-electron chi connectivity index (χ3n) is 9.01. The molecule has 1 aliphatic heterocycles. The molecular formula is C23H28O2. The zero-order valence-corrected chi connectivity index (χ0v) is 15.2. The molecule has 0 amide bonds. The summed E-state index contributed by atoms with van der Waals surface area (Å²) in [5.74, 6) is 4.28. The summed E-state index contributed by atoms with van der Waals surface area (Å²) in [6, 6.07) is 0. The summed E-state index contributed by atoms with van der Waals surface area (Å²) < 4.78 is 6.46. The van der Waals surface area contributed by atoms with Crippen molar-refractivity contribution >= 4 is 5.78 Å². The van der Waals surface area contributed by atoms with Gasteiger partial charge in [0.15, 0.2) is 0 Å². The highest BCUT2D eigenvalue weighted by Gasteiger charge is 2.76. The average molecular weight is 336 g/mol. The number of rotatable bonds is 0. The summed E-state index contributed by atoms with van der Waals surface area (Å²) in [4.78, 5) is 12.0. The molecule has 0 aromatic rings. The van der Waals surface area contributed by atoms with Crippen molar-refractivity contribution in [2.24, 2.45) is 35.0 Å². The number of carbonyl (C=O) groups excluding carboxylic acids is 1. The van der Waals surface area contributed by atoms with Crippen LogP contribution in [0.15, 0.2) is 35.5 Å². The van der Waals surface area contributed by atoms with E-state index in [0.29, 0.717) is 23.5 Å². The smallest absolute Gasteiger partial charge is 0.137 e. The zero-order chi connectivity index (χ0) is 17.0. The van der Waals surface area contributed by atoms with Crippen molar-refractivity contribution < 1.29 is 9.53 Å². The first-order chi connectivity index (χ1) is 12.1. The number of carbonyl (C=O) groups is 1. The van der Waals surface area contributed by atoms with Gasteiger partial charge in [-0.05, 0) is 67.3 Å². The molecule has 6 rings (SSSR count). The van der Waals surface area contributed by atoms with E-state index in [0.717, 1.165) is 49.5 Å². The highest BCUT2D eigenvalue weighted by atomic mass is 16.5. The number of fused-ring (bicyclic) bond motifs is 8. The van der Waals surface area contributed by atoms with Crippen LogP contribution in [-0.4, -0.2) is 18.0 Å². The lowest BCUT2D eigenvalue weighted by Crippen LogP contribution is -2.53. The Morgan fingerprint density at radius 3 is 2.96 bits per heavy atom. The van der Waals surface area contributed by atoms with Gasteiger partial charge in [-0.1, -0.05) is 36.8 Å². The summed E-state index contributed by atoms with van der Waals surface area (Å²) in [5.41, 5.74) is 4.61. The van der Waals surface area contributed by atoms with Crippen LogP contribution in [-0.2, 0) is 9.53 Å². The summed E-state index contributed by atoms with van der Waals surface area (Å²) in [6.45, 7) is 7.78. The predicted octanol–water partition coefficient (Wildman–Crippen LogP) is 4.62. The van der Waals surface area contributed by atoms with Crippen LogP contribution >= 0.6 is 0 Å². The number of allylic oxidation sites excluding steroid dienone is 3. The number of hydrogen-bond donors (Lipinski definition) is 0. The van der Waals surface area contributed by atoms with Gasteiger partial charge in [-0.25, -0.2) is 0 Å². The molecule has 0 saturated heterocycles. The van der Waals surface area contributed by atoms with E-state index < -0.39 is 0 Å². The third kappa shape index (κ3) is 1.64. The van der Waals surface area contributed by atoms with Crippen molar-refractivity contribution in [2.45, 2.75) is 57.5 Å². The molecule has 3 fully saturated rings. The molecule has 5 unspecified atom stereocenters. The molecule has 132 valence electrons. The number of Topliss-reactive ketones (excluding diaryl/α,β-unsaturated/α-hetero) is 1. The van der Waals surface area contributed by atoms with Crippen LogP contribution < -0.4 is 0 Å². The topological polar surface area (TPSA) is 26.3 Å². The first-order valence-corrected chi connectivity index (χ1v) is 10.3. The molecule has 25 heavy (non-hydrogen) atoms. The van der Waals surface area contributed by atoms with Gasteiger partial charge in [0.05, 0.1) is 12.2 Å². The maximum atomic E-state index is 12.0. The van der Waals surface area contributed by atoms with Crippen molar-refractivity contribution in [3.63, 3.8) is 0 Å². The van der Waals surface area contributed by atoms with E-state index >= 15 is 0 Å². The first-order valence-electron chi connectivity index (χ1n) is 10.3. The number of ketones is 1. The molecule has 1 spiro atoms. The lowest BCUT2D eigenvalue weighted by molar-refractivity contribution is -0.122. The molecule has 0 radical (unpaired) electrons. The number of hydrogen-bond acceptors (Lipinski definition) is 2. The Morgan fingerprint density at radius 2 is 2.16 bits per heavy atom. The monoisotopic (exact) mass is 336 g/mol. The van der Waals surface area contributed by atoms with Gasteiger partial charge < -0.3 is 4.74 Å². The largest absolute Gasteiger partial charge is 0.366 e. The van der Waals surface area contributed by atoms with E-state index in [1.807, 2.05) is 0 Å². The Labute approximate surface area is 150 Å². The van der Waals surface area contributed by atoms with Gasteiger partial charge in [0, 0.05) is 18.3 Å². The molecule has 2 heteroatoms. The molecule has 0 aromatic carbocycles. The molecular weight excluding hydrogens is 308 g/mol. The molecule has 7 atom stereocenters. The summed E-state index contributed by atoms with van der Waals surface area (Å²) >= 11 is 0. The molecule has 2 nitrogen and oxygen atoms in total. The van der Waals surface area contributed by atoms with Gasteiger partial charge in [0.1, 0.15) is 5.78 Å². The van der Waals surface area contributed by atoms with E-state index in [1.54, 1.807) is 5.57 Å². The van der Waals surface area contributed by atoms with Crippen LogP contribution in [0.2, 0.25) is 0 Å². The maximum Gasteiger partial charge on any atom is 0.137 e. The third-order valence-corrected chi connectivity index (χ3v) is 9.01. The Morgan fingerprint density at radius 1 is 1.28 bits per heavy atom. The van der Waals surface area contributed by atoms with Gasteiger partial charge >= 0.3 is 0 Å². The highest BCUT2D eigenvalue weighted by Crippen LogP contribution is 2.77. The minimum atomic E-state index is 0.0336. The second-order valence-electron chi connectivity index (χ2n) is 9.79. The van der Waals surface area contributed by atoms with Crippen LogP contribution in [0.25, 0.3) is 0 Å². The molecule has 3 saturated carbocycles. The Kier molecular flexibility index (Phi) is 2.74. The second kappa shape index (κ2) is 4.57. The van der Waals surface area contributed by atoms with E-state index in [-0.39, 0.29) is 5.60 Å². The van der Waals surface area contributed by atoms with Crippen molar-refractivity contribution in [3.8, 4) is 0 Å². The van der Waals surface area contributed by atoms with Gasteiger partial charge in [0.25, 0.3) is 0 Å². The Bertz CT molecular complexity index is 758. The fourth-order valence-corrected chi connectivity index (χ4v) is 8.07. The van der Waals surface area contributed by atoms with Crippen LogP contribution in [0.3, 0.4) is 0 Å². The average Bonchev–Trinajstić information content (AvgIpc) is 3.15. The minimum absolute atomic E-state index is 0.0336. The molecule has 0 bridgehead atoms. The van der Waals surface area contributed by atoms with E-state index in [2.05, 4.69) is 25.7 Å². The van der Waals surface area contributed by atoms with Crippen molar-refractivity contribution in [1.82, 2.24) is 0 Å². The fourth-order valence-electron chi connectivity index (χ4n) is 8.07. The van der Waals surface area contributed by atoms with Gasteiger partial charge in [0.2, 0.25) is 0 Å². The minimum Gasteiger partial charge on any atom is -0.366 e. The first kappa shape index (κ1) is 15.0. The molecule has 0 aromatic heterocycles.